The second-order valence-electron chi connectivity index (χ2n) is 6.12. The zero-order chi connectivity index (χ0) is 21.5. The van der Waals surface area contributed by atoms with E-state index in [1.807, 2.05) is 24.3 Å². The fourth-order valence-corrected chi connectivity index (χ4v) is 3.97. The van der Waals surface area contributed by atoms with Gasteiger partial charge in [-0.3, -0.25) is 4.79 Å². The van der Waals surface area contributed by atoms with Crippen LogP contribution >= 0.6 is 35.6 Å². The number of nitrogens with one attached hydrogen (secondary N) is 1. The monoisotopic (exact) mass is 465 g/mol. The maximum Gasteiger partial charge on any atom is 0.263 e. The molecule has 1 saturated heterocycles. The van der Waals surface area contributed by atoms with E-state index in [-0.39, 0.29) is 5.91 Å². The quantitative estimate of drug-likeness (QED) is 0.327. The second-order valence-corrected chi connectivity index (χ2v) is 8.24. The molecular weight excluding hydrogens is 446 g/mol. The molecule has 1 aliphatic rings. The van der Waals surface area contributed by atoms with Crippen molar-refractivity contribution >= 4 is 51.9 Å². The van der Waals surface area contributed by atoms with Gasteiger partial charge in [0.25, 0.3) is 5.91 Å². The topological polar surface area (TPSA) is 66.0 Å². The zero-order valence-corrected chi connectivity index (χ0v) is 18.8. The number of halogens is 1. The average Bonchev–Trinajstić information content (AvgIpc) is 3.05. The molecule has 1 fully saturated rings. The van der Waals surface area contributed by atoms with Crippen LogP contribution in [-0.4, -0.2) is 37.7 Å². The van der Waals surface area contributed by atoms with Crippen molar-refractivity contribution in [3.63, 3.8) is 0 Å². The van der Waals surface area contributed by atoms with E-state index in [1.165, 1.54) is 18.9 Å². The van der Waals surface area contributed by atoms with Gasteiger partial charge in [-0.1, -0.05) is 41.6 Å². The maximum absolute atomic E-state index is 11.8. The second kappa shape index (κ2) is 10.6. The summed E-state index contributed by atoms with van der Waals surface area (Å²) in [5, 5.41) is 2.97. The van der Waals surface area contributed by atoms with E-state index in [0.29, 0.717) is 50.9 Å². The van der Waals surface area contributed by atoms with Gasteiger partial charge in [-0.15, -0.1) is 0 Å². The largest absolute Gasteiger partial charge is 0.497 e. The molecule has 0 aliphatic carbocycles. The molecule has 3 rings (SSSR count). The lowest BCUT2D eigenvalue weighted by atomic mass is 10.2. The van der Waals surface area contributed by atoms with Gasteiger partial charge >= 0.3 is 0 Å². The van der Waals surface area contributed by atoms with Crippen LogP contribution in [0.2, 0.25) is 5.02 Å². The molecule has 0 saturated carbocycles. The van der Waals surface area contributed by atoms with Gasteiger partial charge in [0.05, 0.1) is 37.4 Å². The van der Waals surface area contributed by atoms with Gasteiger partial charge in [0, 0.05) is 12.5 Å². The zero-order valence-electron chi connectivity index (χ0n) is 16.4. The fraction of sp³-hybridized carbons (Fsp3) is 0.238. The van der Waals surface area contributed by atoms with Gasteiger partial charge in [-0.25, -0.2) is 0 Å². The molecule has 1 amide bonds. The minimum atomic E-state index is -0.226. The Bertz CT molecular complexity index is 980. The average molecular weight is 466 g/mol. The summed E-state index contributed by atoms with van der Waals surface area (Å²) in [6.45, 7) is 0.872. The van der Waals surface area contributed by atoms with Gasteiger partial charge in [0.1, 0.15) is 15.8 Å². The molecule has 0 spiro atoms. The highest BCUT2D eigenvalue weighted by atomic mass is 35.5. The third-order valence-electron chi connectivity index (χ3n) is 4.04. The molecule has 30 heavy (non-hydrogen) atoms. The molecule has 0 aromatic heterocycles. The number of thioether (sulfide) groups is 1. The summed E-state index contributed by atoms with van der Waals surface area (Å²) < 4.78 is 22.5. The predicted octanol–water partition coefficient (Wildman–Crippen LogP) is 4.69. The maximum atomic E-state index is 11.8. The number of benzene rings is 2. The molecule has 9 heteroatoms. The number of amides is 1. The molecule has 0 bridgehead atoms. The Labute approximate surface area is 189 Å². The highest BCUT2D eigenvalue weighted by Crippen LogP contribution is 2.38. The molecule has 1 aliphatic heterocycles. The molecular formula is C21H20ClNO5S2. The fourth-order valence-electron chi connectivity index (χ4n) is 2.65. The normalized spacial score (nSPS) is 14.6. The van der Waals surface area contributed by atoms with Crippen molar-refractivity contribution in [2.45, 2.75) is 6.42 Å². The standard InChI is InChI=1S/C21H20ClNO5S2/c1-25-14-5-3-6-15(12-14)27-7-4-8-28-19-16(22)9-13(10-17(19)26-2)11-18-20(24)23-21(29)30-18/h3,5-6,9-12H,4,7-8H2,1-2H3,(H,23,24,29)/b18-11-. The molecule has 2 aromatic rings. The molecule has 1 heterocycles. The van der Waals surface area contributed by atoms with E-state index in [2.05, 4.69) is 5.32 Å². The molecule has 6 nitrogen and oxygen atoms in total. The number of methoxy groups -OCH3 is 2. The minimum absolute atomic E-state index is 0.226. The molecule has 0 atom stereocenters. The van der Waals surface area contributed by atoms with Crippen LogP contribution in [0.3, 0.4) is 0 Å². The van der Waals surface area contributed by atoms with Crippen LogP contribution in [0, 0.1) is 0 Å². The number of thiocarbonyl (C=S) groups is 1. The molecule has 0 radical (unpaired) electrons. The predicted molar refractivity (Wildman–Crippen MR) is 123 cm³/mol. The summed E-state index contributed by atoms with van der Waals surface area (Å²) in [5.74, 6) is 2.17. The Morgan fingerprint density at radius 1 is 1.10 bits per heavy atom. The van der Waals surface area contributed by atoms with E-state index >= 15 is 0 Å². The summed E-state index contributed by atoms with van der Waals surface area (Å²) in [6, 6.07) is 10.9. The first-order valence-corrected chi connectivity index (χ1v) is 10.6. The highest BCUT2D eigenvalue weighted by molar-refractivity contribution is 8.26. The summed E-state index contributed by atoms with van der Waals surface area (Å²) >= 11 is 12.6. The summed E-state index contributed by atoms with van der Waals surface area (Å²) in [4.78, 5) is 12.3. The third kappa shape index (κ3) is 5.81. The van der Waals surface area contributed by atoms with E-state index in [1.54, 1.807) is 25.3 Å². The van der Waals surface area contributed by atoms with Gasteiger partial charge < -0.3 is 24.3 Å². The van der Waals surface area contributed by atoms with Crippen molar-refractivity contribution in [2.24, 2.45) is 0 Å². The summed E-state index contributed by atoms with van der Waals surface area (Å²) in [5.41, 5.74) is 0.716. The lowest BCUT2D eigenvalue weighted by molar-refractivity contribution is -0.115. The molecule has 1 N–H and O–H groups in total. The van der Waals surface area contributed by atoms with Crippen LogP contribution in [0.5, 0.6) is 23.0 Å². The Balaban J connectivity index is 1.58. The molecule has 0 unspecified atom stereocenters. The number of carbonyl (C=O) groups is 1. The third-order valence-corrected chi connectivity index (χ3v) is 5.48. The minimum Gasteiger partial charge on any atom is -0.497 e. The number of carbonyl (C=O) groups excluding carboxylic acids is 1. The summed E-state index contributed by atoms with van der Waals surface area (Å²) in [6.07, 6.45) is 2.36. The van der Waals surface area contributed by atoms with E-state index in [9.17, 15) is 4.79 Å². The molecule has 158 valence electrons. The lowest BCUT2D eigenvalue weighted by Crippen LogP contribution is -2.17. The molecule has 2 aromatic carbocycles. The number of hydrogen-bond acceptors (Lipinski definition) is 7. The summed E-state index contributed by atoms with van der Waals surface area (Å²) in [7, 11) is 3.15. The first-order valence-electron chi connectivity index (χ1n) is 9.02. The van der Waals surface area contributed by atoms with Crippen molar-refractivity contribution in [3.05, 3.63) is 51.9 Å². The smallest absolute Gasteiger partial charge is 0.263 e. The first-order chi connectivity index (χ1) is 14.5. The number of rotatable bonds is 9. The van der Waals surface area contributed by atoms with E-state index in [0.717, 1.165) is 11.5 Å². The first kappa shape index (κ1) is 22.3. The van der Waals surface area contributed by atoms with Crippen LogP contribution < -0.4 is 24.3 Å². The van der Waals surface area contributed by atoms with Crippen molar-refractivity contribution in [3.8, 4) is 23.0 Å². The van der Waals surface area contributed by atoms with E-state index in [4.69, 9.17) is 42.8 Å². The Hall–Kier alpha value is -2.42. The van der Waals surface area contributed by atoms with Gasteiger partial charge in [0.2, 0.25) is 0 Å². The van der Waals surface area contributed by atoms with Crippen molar-refractivity contribution < 1.29 is 23.7 Å². The Morgan fingerprint density at radius 2 is 1.87 bits per heavy atom. The van der Waals surface area contributed by atoms with Crippen molar-refractivity contribution in [1.82, 2.24) is 5.32 Å². The van der Waals surface area contributed by atoms with Crippen molar-refractivity contribution in [1.29, 1.82) is 0 Å². The Kier molecular flexibility index (Phi) is 7.84. The van der Waals surface area contributed by atoms with Crippen LogP contribution in [-0.2, 0) is 4.79 Å². The van der Waals surface area contributed by atoms with Crippen molar-refractivity contribution in [2.75, 3.05) is 27.4 Å². The SMILES string of the molecule is COc1cccc(OCCCOc2c(Cl)cc(/C=C3\SC(=S)NC3=O)cc2OC)c1. The van der Waals surface area contributed by atoms with Gasteiger partial charge in [0.15, 0.2) is 11.5 Å². The van der Waals surface area contributed by atoms with Gasteiger partial charge in [-0.2, -0.15) is 0 Å². The Morgan fingerprint density at radius 3 is 2.57 bits per heavy atom. The number of hydrogen-bond donors (Lipinski definition) is 1. The van der Waals surface area contributed by atoms with Crippen LogP contribution in [0.1, 0.15) is 12.0 Å². The number of ether oxygens (including phenoxy) is 4. The van der Waals surface area contributed by atoms with Crippen LogP contribution in [0.25, 0.3) is 6.08 Å². The van der Waals surface area contributed by atoms with Crippen LogP contribution in [0.4, 0.5) is 0 Å². The van der Waals surface area contributed by atoms with E-state index < -0.39 is 0 Å². The highest BCUT2D eigenvalue weighted by Gasteiger charge is 2.22. The van der Waals surface area contributed by atoms with Gasteiger partial charge in [-0.05, 0) is 35.9 Å². The van der Waals surface area contributed by atoms with Crippen LogP contribution in [0.15, 0.2) is 41.3 Å². The lowest BCUT2D eigenvalue weighted by Gasteiger charge is -2.14.